The van der Waals surface area contributed by atoms with Gasteiger partial charge in [-0.1, -0.05) is 200 Å². The van der Waals surface area contributed by atoms with Crippen molar-refractivity contribution in [3.05, 3.63) is 285 Å². The van der Waals surface area contributed by atoms with E-state index in [1.54, 1.807) is 0 Å². The Labute approximate surface area is 432 Å². The number of aromatic nitrogens is 3. The molecule has 0 fully saturated rings. The molecule has 0 saturated heterocycles. The van der Waals surface area contributed by atoms with E-state index in [-0.39, 0.29) is 0 Å². The number of rotatable bonds is 9. The first kappa shape index (κ1) is 45.6. The highest BCUT2D eigenvalue weighted by Crippen LogP contribution is 2.39. The minimum absolute atomic E-state index is 0.960. The molecule has 3 heterocycles. The molecular weight excluding hydrogens is 895 g/mol. The Hall–Kier alpha value is -9.57. The van der Waals surface area contributed by atoms with Crippen molar-refractivity contribution in [2.24, 2.45) is 0 Å². The highest BCUT2D eigenvalue weighted by molar-refractivity contribution is 6.12. The summed E-state index contributed by atoms with van der Waals surface area (Å²) in [5, 5.41) is 4.99. The Kier molecular flexibility index (Phi) is 12.5. The van der Waals surface area contributed by atoms with Gasteiger partial charge in [-0.3, -0.25) is 0 Å². The number of nitrogens with zero attached hydrogens (tertiary/aromatic N) is 3. The zero-order chi connectivity index (χ0) is 49.8. The van der Waals surface area contributed by atoms with Crippen molar-refractivity contribution in [2.75, 3.05) is 0 Å². The van der Waals surface area contributed by atoms with Crippen LogP contribution in [0.3, 0.4) is 0 Å². The molecule has 0 radical (unpaired) electrons. The van der Waals surface area contributed by atoms with Crippen LogP contribution in [0.4, 0.5) is 0 Å². The van der Waals surface area contributed by atoms with Crippen LogP contribution < -0.4 is 0 Å². The minimum atomic E-state index is 0.960. The molecule has 13 rings (SSSR count). The lowest BCUT2D eigenvalue weighted by Gasteiger charge is -2.12. The van der Waals surface area contributed by atoms with Crippen LogP contribution in [0.2, 0.25) is 0 Å². The van der Waals surface area contributed by atoms with Crippen molar-refractivity contribution in [1.82, 2.24) is 14.1 Å². The third-order valence-electron chi connectivity index (χ3n) is 14.0. The fourth-order valence-electron chi connectivity index (χ4n) is 10.4. The summed E-state index contributed by atoms with van der Waals surface area (Å²) in [5.74, 6) is 0. The topological polar surface area (TPSA) is 22.8 Å². The van der Waals surface area contributed by atoms with Crippen molar-refractivity contribution in [2.45, 2.75) is 13.8 Å². The predicted molar refractivity (Wildman–Crippen MR) is 315 cm³/mol. The Morgan fingerprint density at radius 1 is 0.257 bits per heavy atom. The van der Waals surface area contributed by atoms with Gasteiger partial charge in [-0.05, 0) is 143 Å². The van der Waals surface area contributed by atoms with Gasteiger partial charge in [0.25, 0.3) is 0 Å². The monoisotopic (exact) mass is 947 g/mol. The fourth-order valence-corrected chi connectivity index (χ4v) is 10.4. The molecule has 74 heavy (non-hydrogen) atoms. The smallest absolute Gasteiger partial charge is 0.0715 e. The second-order valence-electron chi connectivity index (χ2n) is 18.6. The lowest BCUT2D eigenvalue weighted by atomic mass is 9.95. The lowest BCUT2D eigenvalue weighted by Crippen LogP contribution is -1.94. The van der Waals surface area contributed by atoms with Crippen LogP contribution in [0.25, 0.3) is 122 Å². The lowest BCUT2D eigenvalue weighted by molar-refractivity contribution is 1.18. The molecule has 0 atom stereocenters. The van der Waals surface area contributed by atoms with Gasteiger partial charge in [0, 0.05) is 44.0 Å². The molecule has 0 aliphatic heterocycles. The van der Waals surface area contributed by atoms with Crippen molar-refractivity contribution in [3.63, 3.8) is 0 Å². The third-order valence-corrected chi connectivity index (χ3v) is 14.0. The summed E-state index contributed by atoms with van der Waals surface area (Å²) in [5.41, 5.74) is 20.6. The van der Waals surface area contributed by atoms with Gasteiger partial charge < -0.3 is 9.13 Å². The molecule has 0 bridgehead atoms. The molecule has 0 spiro atoms. The van der Waals surface area contributed by atoms with E-state index in [1.165, 1.54) is 82.7 Å². The van der Waals surface area contributed by atoms with Crippen LogP contribution in [0.15, 0.2) is 285 Å². The van der Waals surface area contributed by atoms with Crippen LogP contribution >= 0.6 is 0 Å². The van der Waals surface area contributed by atoms with E-state index in [9.17, 15) is 0 Å². The van der Waals surface area contributed by atoms with Gasteiger partial charge in [0.1, 0.15) is 0 Å². The molecule has 3 heteroatoms. The van der Waals surface area contributed by atoms with Crippen LogP contribution in [0.5, 0.6) is 0 Å². The van der Waals surface area contributed by atoms with Gasteiger partial charge in [-0.15, -0.1) is 0 Å². The second kappa shape index (κ2) is 20.3. The van der Waals surface area contributed by atoms with Crippen LogP contribution in [0, 0.1) is 0 Å². The standard InChI is InChI=1S/C65H43N3.C6H10/c1-4-16-45(17-5-1)60-42-53(43-61(66-60)46-18-6-2-7-19-46)50-23-15-22-49(39-50)48-21-14-20-47(38-48)44-30-34-55(35-31-44)68-63-29-13-11-27-57(63)59-41-52(33-37-65(59)68)51-32-36-64-58(40-51)56-26-10-12-28-62(56)67(64)54-24-8-3-9-25-54;1-3-5-6-4-2/h1-43H;3-6H,1-2H3/b;5-3-,6-4-. The van der Waals surface area contributed by atoms with Gasteiger partial charge >= 0.3 is 0 Å². The maximum Gasteiger partial charge on any atom is 0.0715 e. The van der Waals surface area contributed by atoms with Crippen LogP contribution in [-0.4, -0.2) is 14.1 Å². The molecular formula is C71H53N3. The summed E-state index contributed by atoms with van der Waals surface area (Å²) < 4.78 is 4.78. The molecule has 3 aromatic heterocycles. The Morgan fingerprint density at radius 2 is 0.608 bits per heavy atom. The van der Waals surface area contributed by atoms with Gasteiger partial charge in [0.05, 0.1) is 33.5 Å². The van der Waals surface area contributed by atoms with E-state index in [4.69, 9.17) is 4.98 Å². The molecule has 0 amide bonds. The summed E-state index contributed by atoms with van der Waals surface area (Å²) in [7, 11) is 0. The van der Waals surface area contributed by atoms with Crippen LogP contribution in [-0.2, 0) is 0 Å². The van der Waals surface area contributed by atoms with Crippen molar-refractivity contribution in [1.29, 1.82) is 0 Å². The van der Waals surface area contributed by atoms with E-state index < -0.39 is 0 Å². The molecule has 0 aliphatic rings. The number of hydrogen-bond donors (Lipinski definition) is 0. The maximum atomic E-state index is 5.11. The summed E-state index contributed by atoms with van der Waals surface area (Å²) in [6.45, 7) is 4.00. The average Bonchev–Trinajstić information content (AvgIpc) is 4.00. The number of hydrogen-bond acceptors (Lipinski definition) is 1. The first-order valence-corrected chi connectivity index (χ1v) is 25.4. The van der Waals surface area contributed by atoms with E-state index >= 15 is 0 Å². The Morgan fingerprint density at radius 3 is 1.08 bits per heavy atom. The quantitative estimate of drug-likeness (QED) is 0.132. The van der Waals surface area contributed by atoms with E-state index in [0.29, 0.717) is 0 Å². The van der Waals surface area contributed by atoms with Gasteiger partial charge in [0.15, 0.2) is 0 Å². The summed E-state index contributed by atoms with van der Waals surface area (Å²) in [6, 6.07) is 94.2. The summed E-state index contributed by atoms with van der Waals surface area (Å²) >= 11 is 0. The second-order valence-corrected chi connectivity index (χ2v) is 18.6. The summed E-state index contributed by atoms with van der Waals surface area (Å²) in [6.07, 6.45) is 8.00. The first-order valence-electron chi connectivity index (χ1n) is 25.4. The third kappa shape index (κ3) is 8.82. The van der Waals surface area contributed by atoms with Gasteiger partial charge in [-0.25, -0.2) is 4.98 Å². The molecule has 0 unspecified atom stereocenters. The molecule has 10 aromatic carbocycles. The highest BCUT2D eigenvalue weighted by Gasteiger charge is 2.17. The Balaban J connectivity index is 0.000000877. The number of pyridine rings is 1. The highest BCUT2D eigenvalue weighted by atomic mass is 15.0. The molecule has 13 aromatic rings. The van der Waals surface area contributed by atoms with Crippen molar-refractivity contribution in [3.8, 4) is 78.4 Å². The van der Waals surface area contributed by atoms with Gasteiger partial charge in [0.2, 0.25) is 0 Å². The first-order chi connectivity index (χ1) is 36.6. The zero-order valence-electron chi connectivity index (χ0n) is 41.5. The fraction of sp³-hybridized carbons (Fsp3) is 0.0282. The number of allylic oxidation sites excluding steroid dienone is 4. The predicted octanol–water partition coefficient (Wildman–Crippen LogP) is 19.4. The average molecular weight is 948 g/mol. The largest absolute Gasteiger partial charge is 0.309 e. The zero-order valence-corrected chi connectivity index (χ0v) is 41.5. The molecule has 0 N–H and O–H groups in total. The number of fused-ring (bicyclic) bond motifs is 6. The number of para-hydroxylation sites is 3. The SMILES string of the molecule is C/C=C\C=C/C.c1ccc(-c2cc(-c3cccc(-c4cccc(-c5ccc(-n6c7ccccc7c7cc(-c8ccc9c(c8)c8ccccc8n9-c8ccccc8)ccc76)cc5)c4)c3)cc(-c3ccccc3)n2)cc1. The van der Waals surface area contributed by atoms with E-state index in [2.05, 4.69) is 258 Å². The molecule has 3 nitrogen and oxygen atoms in total. The maximum absolute atomic E-state index is 5.11. The normalized spacial score (nSPS) is 11.5. The van der Waals surface area contributed by atoms with Crippen molar-refractivity contribution < 1.29 is 0 Å². The van der Waals surface area contributed by atoms with E-state index in [0.717, 1.165) is 39.3 Å². The Bertz CT molecular complexity index is 4110. The molecule has 0 saturated carbocycles. The molecule has 0 aliphatic carbocycles. The summed E-state index contributed by atoms with van der Waals surface area (Å²) in [4.78, 5) is 5.11. The number of benzene rings is 10. The minimum Gasteiger partial charge on any atom is -0.309 e. The van der Waals surface area contributed by atoms with Crippen molar-refractivity contribution >= 4 is 43.6 Å². The van der Waals surface area contributed by atoms with E-state index in [1.807, 2.05) is 50.3 Å². The van der Waals surface area contributed by atoms with Crippen LogP contribution in [0.1, 0.15) is 13.8 Å². The molecule has 352 valence electrons. The van der Waals surface area contributed by atoms with Gasteiger partial charge in [-0.2, -0.15) is 0 Å².